The van der Waals surface area contributed by atoms with E-state index in [1.54, 1.807) is 12.4 Å². The van der Waals surface area contributed by atoms with Crippen LogP contribution in [0, 0.1) is 17.4 Å². The van der Waals surface area contributed by atoms with Crippen LogP contribution in [0.5, 0.6) is 0 Å². The van der Waals surface area contributed by atoms with Crippen LogP contribution in [-0.2, 0) is 4.84 Å². The van der Waals surface area contributed by atoms with Crippen LogP contribution in [0.15, 0.2) is 29.5 Å². The van der Waals surface area contributed by atoms with E-state index in [1.807, 2.05) is 30.4 Å². The monoisotopic (exact) mass is 461 g/mol. The van der Waals surface area contributed by atoms with Crippen molar-refractivity contribution in [3.05, 3.63) is 24.5 Å². The van der Waals surface area contributed by atoms with Gasteiger partial charge in [0.25, 0.3) is 0 Å². The number of hydrogen-bond donors (Lipinski definition) is 4. The number of thiol groups is 1. The summed E-state index contributed by atoms with van der Waals surface area (Å²) in [5, 5.41) is 19.8. The number of pyridine rings is 1. The Morgan fingerprint density at radius 3 is 2.66 bits per heavy atom. The number of aliphatic imine (C=N–C) groups is 1. The van der Waals surface area contributed by atoms with E-state index in [2.05, 4.69) is 38.6 Å². The van der Waals surface area contributed by atoms with E-state index in [0.29, 0.717) is 18.4 Å². The third-order valence-electron chi connectivity index (χ3n) is 5.66. The Kier molecular flexibility index (Phi) is 13.8. The number of anilines is 1. The summed E-state index contributed by atoms with van der Waals surface area (Å²) in [4.78, 5) is 14.6. The Labute approximate surface area is 198 Å². The van der Waals surface area contributed by atoms with Crippen LogP contribution < -0.4 is 16.0 Å². The van der Waals surface area contributed by atoms with Crippen LogP contribution in [0.4, 0.5) is 5.69 Å². The zero-order chi connectivity index (χ0) is 22.9. The molecule has 0 aromatic carbocycles. The molecule has 3 N–H and O–H groups in total. The molecule has 0 spiro atoms. The van der Waals surface area contributed by atoms with Crippen molar-refractivity contribution in [2.24, 2.45) is 10.9 Å². The van der Waals surface area contributed by atoms with Crippen molar-refractivity contribution in [1.29, 1.82) is 5.26 Å². The second kappa shape index (κ2) is 16.7. The normalized spacial score (nSPS) is 16.0. The van der Waals surface area contributed by atoms with Crippen molar-refractivity contribution < 1.29 is 4.84 Å². The van der Waals surface area contributed by atoms with Gasteiger partial charge in [0.2, 0.25) is 5.96 Å². The van der Waals surface area contributed by atoms with E-state index < -0.39 is 0 Å². The predicted octanol–water partition coefficient (Wildman–Crippen LogP) is 4.12. The molecule has 1 aliphatic rings. The molecule has 0 aliphatic heterocycles. The summed E-state index contributed by atoms with van der Waals surface area (Å²) in [6.07, 6.45) is 17.4. The van der Waals surface area contributed by atoms with Crippen LogP contribution in [-0.4, -0.2) is 48.2 Å². The summed E-state index contributed by atoms with van der Waals surface area (Å²) < 4.78 is 0. The SMILES string of the molecule is CNC(S)N(CCCCCCCN=C(NC#N)Nc1ccncc1)OCC1CCCCC1. The molecule has 1 aliphatic carbocycles. The van der Waals surface area contributed by atoms with Crippen molar-refractivity contribution in [2.45, 2.75) is 69.7 Å². The van der Waals surface area contributed by atoms with E-state index in [9.17, 15) is 0 Å². The first-order valence-electron chi connectivity index (χ1n) is 11.8. The fourth-order valence-corrected chi connectivity index (χ4v) is 3.97. The van der Waals surface area contributed by atoms with Gasteiger partial charge in [0.1, 0.15) is 5.50 Å². The highest BCUT2D eigenvalue weighted by Crippen LogP contribution is 2.24. The van der Waals surface area contributed by atoms with E-state index in [0.717, 1.165) is 50.9 Å². The highest BCUT2D eigenvalue weighted by molar-refractivity contribution is 7.80. The lowest BCUT2D eigenvalue weighted by atomic mass is 9.90. The molecule has 9 heteroatoms. The third-order valence-corrected chi connectivity index (χ3v) is 6.17. The molecule has 0 radical (unpaired) electrons. The Bertz CT molecular complexity index is 677. The van der Waals surface area contributed by atoms with Gasteiger partial charge in [0, 0.05) is 31.2 Å². The number of nitriles is 1. The quantitative estimate of drug-likeness (QED) is 0.0484. The van der Waals surface area contributed by atoms with Gasteiger partial charge in [0.15, 0.2) is 6.19 Å². The van der Waals surface area contributed by atoms with Gasteiger partial charge >= 0.3 is 0 Å². The lowest BCUT2D eigenvalue weighted by Crippen LogP contribution is -2.41. The predicted molar refractivity (Wildman–Crippen MR) is 133 cm³/mol. The van der Waals surface area contributed by atoms with Gasteiger partial charge in [-0.15, -0.1) is 12.6 Å². The summed E-state index contributed by atoms with van der Waals surface area (Å²) in [5.74, 6) is 1.16. The molecule has 178 valence electrons. The number of aromatic nitrogens is 1. The molecule has 8 nitrogen and oxygen atoms in total. The lowest BCUT2D eigenvalue weighted by Gasteiger charge is -2.30. The summed E-state index contributed by atoms with van der Waals surface area (Å²) in [6, 6.07) is 3.67. The Balaban J connectivity index is 1.59. The highest BCUT2D eigenvalue weighted by atomic mass is 32.1. The average Bonchev–Trinajstić information content (AvgIpc) is 2.83. The number of hydrogen-bond acceptors (Lipinski definition) is 7. The average molecular weight is 462 g/mol. The zero-order valence-electron chi connectivity index (χ0n) is 19.3. The molecule has 1 heterocycles. The summed E-state index contributed by atoms with van der Waals surface area (Å²) >= 11 is 4.60. The maximum atomic E-state index is 8.91. The molecule has 1 saturated carbocycles. The fraction of sp³-hybridized carbons (Fsp3) is 0.696. The molecular weight excluding hydrogens is 422 g/mol. The Morgan fingerprint density at radius 2 is 1.94 bits per heavy atom. The molecule has 32 heavy (non-hydrogen) atoms. The first-order valence-corrected chi connectivity index (χ1v) is 12.4. The van der Waals surface area contributed by atoms with Crippen LogP contribution in [0.2, 0.25) is 0 Å². The van der Waals surface area contributed by atoms with Crippen LogP contribution in [0.1, 0.15) is 64.2 Å². The van der Waals surface area contributed by atoms with Gasteiger partial charge in [0.05, 0.1) is 6.61 Å². The molecule has 1 fully saturated rings. The maximum absolute atomic E-state index is 8.91. The Hall–Kier alpha value is -1.86. The number of hydroxylamine groups is 2. The van der Waals surface area contributed by atoms with Crippen LogP contribution in [0.3, 0.4) is 0 Å². The van der Waals surface area contributed by atoms with Crippen molar-refractivity contribution in [3.63, 3.8) is 0 Å². The second-order valence-electron chi connectivity index (χ2n) is 8.20. The summed E-state index contributed by atoms with van der Waals surface area (Å²) in [6.45, 7) is 2.37. The van der Waals surface area contributed by atoms with Gasteiger partial charge < -0.3 is 5.32 Å². The molecule has 1 unspecified atom stereocenters. The van der Waals surface area contributed by atoms with E-state index >= 15 is 0 Å². The summed E-state index contributed by atoms with van der Waals surface area (Å²) in [7, 11) is 1.91. The van der Waals surface area contributed by atoms with Gasteiger partial charge in [-0.25, -0.2) is 0 Å². The molecule has 1 aromatic rings. The van der Waals surface area contributed by atoms with Crippen molar-refractivity contribution in [3.8, 4) is 6.19 Å². The molecule has 0 bridgehead atoms. The van der Waals surface area contributed by atoms with E-state index in [-0.39, 0.29) is 5.50 Å². The van der Waals surface area contributed by atoms with Crippen LogP contribution in [0.25, 0.3) is 0 Å². The first kappa shape index (κ1) is 26.4. The molecule has 1 atom stereocenters. The van der Waals surface area contributed by atoms with Crippen LogP contribution >= 0.6 is 12.6 Å². The zero-order valence-corrected chi connectivity index (χ0v) is 20.2. The summed E-state index contributed by atoms with van der Waals surface area (Å²) in [5.41, 5.74) is 0.771. The molecular formula is C23H39N7OS. The van der Waals surface area contributed by atoms with Crippen molar-refractivity contribution in [1.82, 2.24) is 20.7 Å². The minimum Gasteiger partial charge on any atom is -0.325 e. The number of guanidine groups is 1. The Morgan fingerprint density at radius 1 is 1.22 bits per heavy atom. The fourth-order valence-electron chi connectivity index (χ4n) is 3.79. The third kappa shape index (κ3) is 11.1. The van der Waals surface area contributed by atoms with Gasteiger partial charge in [-0.05, 0) is 50.8 Å². The molecule has 2 rings (SSSR count). The smallest absolute Gasteiger partial charge is 0.209 e. The van der Waals surface area contributed by atoms with Crippen molar-refractivity contribution in [2.75, 3.05) is 32.1 Å². The van der Waals surface area contributed by atoms with E-state index in [4.69, 9.17) is 10.1 Å². The standard InChI is InChI=1S/C23H39N7OS/c1-25-23(32)30(31-18-20-10-6-5-7-11-20)17-9-4-2-3-8-14-27-22(28-19-24)29-21-12-15-26-16-13-21/h12-13,15-16,20,23,25,32H,2-11,14,17-18H2,1H3,(H2,26,27,28,29). The largest absolute Gasteiger partial charge is 0.325 e. The molecule has 0 saturated heterocycles. The van der Waals surface area contributed by atoms with E-state index in [1.165, 1.54) is 32.1 Å². The molecule has 1 aromatic heterocycles. The van der Waals surface area contributed by atoms with Gasteiger partial charge in [-0.2, -0.15) is 10.3 Å². The topological polar surface area (TPSA) is 97.6 Å². The van der Waals surface area contributed by atoms with Crippen molar-refractivity contribution >= 4 is 24.3 Å². The number of nitrogens with zero attached hydrogens (tertiary/aromatic N) is 4. The number of unbranched alkanes of at least 4 members (excludes halogenated alkanes) is 4. The van der Waals surface area contributed by atoms with Gasteiger partial charge in [-0.3, -0.25) is 25.4 Å². The first-order chi connectivity index (χ1) is 15.7. The second-order valence-corrected chi connectivity index (χ2v) is 8.69. The number of rotatable bonds is 14. The van der Waals surface area contributed by atoms with Gasteiger partial charge in [-0.1, -0.05) is 38.5 Å². The maximum Gasteiger partial charge on any atom is 0.209 e. The minimum atomic E-state index is -0.0770. The lowest BCUT2D eigenvalue weighted by molar-refractivity contribution is -0.183. The highest BCUT2D eigenvalue weighted by Gasteiger charge is 2.18. The number of nitrogens with one attached hydrogen (secondary N) is 3. The minimum absolute atomic E-state index is 0.0770. The molecule has 0 amide bonds.